The summed E-state index contributed by atoms with van der Waals surface area (Å²) in [5.41, 5.74) is -1.93. The molecule has 0 spiro atoms. The molecule has 13 heteroatoms. The van der Waals surface area contributed by atoms with E-state index in [1.807, 2.05) is 0 Å². The number of pyridine rings is 1. The van der Waals surface area contributed by atoms with Crippen molar-refractivity contribution in [3.63, 3.8) is 0 Å². The minimum absolute atomic E-state index is 0.0327. The monoisotopic (exact) mass is 481 g/mol. The number of nitriles is 1. The second-order valence-electron chi connectivity index (χ2n) is 5.89. The molecule has 0 unspecified atom stereocenters. The largest absolute Gasteiger partial charge is 0.417 e. The van der Waals surface area contributed by atoms with Crippen LogP contribution in [-0.2, 0) is 26.2 Å². The fourth-order valence-electron chi connectivity index (χ4n) is 2.44. The lowest BCUT2D eigenvalue weighted by Gasteiger charge is -2.24. The zero-order valence-electron chi connectivity index (χ0n) is 15.6. The highest BCUT2D eigenvalue weighted by Gasteiger charge is 2.34. The zero-order valence-corrected chi connectivity index (χ0v) is 18.0. The van der Waals surface area contributed by atoms with Crippen molar-refractivity contribution in [3.05, 3.63) is 46.6 Å². The maximum atomic E-state index is 12.8. The molecule has 7 nitrogen and oxygen atoms in total. The van der Waals surface area contributed by atoms with E-state index in [4.69, 9.17) is 11.6 Å². The van der Waals surface area contributed by atoms with Gasteiger partial charge in [-0.2, -0.15) is 22.1 Å². The fourth-order valence-corrected chi connectivity index (χ4v) is 6.10. The van der Waals surface area contributed by atoms with Gasteiger partial charge in [-0.25, -0.2) is 16.8 Å². The summed E-state index contributed by atoms with van der Waals surface area (Å²) < 4.78 is 88.7. The summed E-state index contributed by atoms with van der Waals surface area (Å²) in [6.07, 6.45) is -4.13. The molecule has 0 aliphatic rings. The average Bonchev–Trinajstić information content (AvgIpc) is 2.67. The smallest absolute Gasteiger partial charge is 0.254 e. The van der Waals surface area contributed by atoms with Gasteiger partial charge < -0.3 is 0 Å². The van der Waals surface area contributed by atoms with Crippen LogP contribution >= 0.6 is 11.6 Å². The van der Waals surface area contributed by atoms with Gasteiger partial charge in [0.2, 0.25) is 20.0 Å². The summed E-state index contributed by atoms with van der Waals surface area (Å²) in [6, 6.07) is 5.82. The van der Waals surface area contributed by atoms with E-state index in [0.29, 0.717) is 12.3 Å². The van der Waals surface area contributed by atoms with Gasteiger partial charge in [-0.3, -0.25) is 4.98 Å². The summed E-state index contributed by atoms with van der Waals surface area (Å²) >= 11 is 5.93. The van der Waals surface area contributed by atoms with E-state index >= 15 is 0 Å². The van der Waals surface area contributed by atoms with E-state index in [0.717, 1.165) is 12.1 Å². The van der Waals surface area contributed by atoms with Crippen LogP contribution < -0.4 is 3.71 Å². The van der Waals surface area contributed by atoms with E-state index in [-0.39, 0.29) is 25.6 Å². The lowest BCUT2D eigenvalue weighted by molar-refractivity contribution is -0.137. The van der Waals surface area contributed by atoms with Crippen LogP contribution in [0.15, 0.2) is 30.5 Å². The lowest BCUT2D eigenvalue weighted by atomic mass is 10.1. The highest BCUT2D eigenvalue weighted by Crippen LogP contribution is 2.36. The topological polar surface area (TPSA) is 108 Å². The van der Waals surface area contributed by atoms with Gasteiger partial charge in [-0.15, -0.1) is 0 Å². The molecule has 0 radical (unpaired) electrons. The quantitative estimate of drug-likeness (QED) is 0.621. The predicted molar refractivity (Wildman–Crippen MR) is 106 cm³/mol. The van der Waals surface area contributed by atoms with Crippen molar-refractivity contribution in [2.45, 2.75) is 20.0 Å². The molecule has 0 aliphatic carbocycles. The van der Waals surface area contributed by atoms with Crippen molar-refractivity contribution in [1.29, 1.82) is 5.26 Å². The van der Waals surface area contributed by atoms with Crippen molar-refractivity contribution in [1.82, 2.24) is 4.98 Å². The Morgan fingerprint density at radius 3 is 2.10 bits per heavy atom. The normalized spacial score (nSPS) is 12.4. The number of benzene rings is 1. The Balaban J connectivity index is 2.79. The maximum absolute atomic E-state index is 12.8. The number of hydrogen-bond donors (Lipinski definition) is 0. The van der Waals surface area contributed by atoms with Crippen LogP contribution in [-0.4, -0.2) is 33.3 Å². The summed E-state index contributed by atoms with van der Waals surface area (Å²) in [6.45, 7) is 2.47. The van der Waals surface area contributed by atoms with Crippen molar-refractivity contribution in [2.24, 2.45) is 0 Å². The van der Waals surface area contributed by atoms with Gasteiger partial charge in [0.05, 0.1) is 39.0 Å². The third-order valence-electron chi connectivity index (χ3n) is 3.99. The second-order valence-corrected chi connectivity index (χ2v) is 10.7. The number of sulfonamides is 2. The molecule has 0 fully saturated rings. The van der Waals surface area contributed by atoms with E-state index in [1.165, 1.54) is 19.9 Å². The first kappa shape index (κ1) is 23.9. The highest BCUT2D eigenvalue weighted by atomic mass is 35.5. The zero-order chi connectivity index (χ0) is 22.9. The molecule has 1 aromatic carbocycles. The second kappa shape index (κ2) is 8.41. The van der Waals surface area contributed by atoms with E-state index in [1.54, 1.807) is 6.07 Å². The van der Waals surface area contributed by atoms with Gasteiger partial charge in [0.15, 0.2) is 0 Å². The standard InChI is InChI=1S/C17H15ClF3N3O4S2/c1-3-29(25,26)24(30(27,28)4-2)15-7-11(5-6-12(15)9-22)16-14(18)8-13(10-23-16)17(19,20)21/h5-8,10H,3-4H2,1-2H3. The fraction of sp³-hybridized carbons (Fsp3) is 0.294. The van der Waals surface area contributed by atoms with Crippen LogP contribution in [0.2, 0.25) is 5.02 Å². The van der Waals surface area contributed by atoms with Gasteiger partial charge >= 0.3 is 6.18 Å². The molecule has 1 heterocycles. The van der Waals surface area contributed by atoms with Gasteiger partial charge in [-0.05, 0) is 32.0 Å². The number of alkyl halides is 3. The van der Waals surface area contributed by atoms with Crippen LogP contribution in [0.5, 0.6) is 0 Å². The van der Waals surface area contributed by atoms with Crippen LogP contribution in [0.25, 0.3) is 11.3 Å². The Labute approximate surface area is 176 Å². The Morgan fingerprint density at radius 1 is 1.10 bits per heavy atom. The van der Waals surface area contributed by atoms with Gasteiger partial charge in [0.1, 0.15) is 6.07 Å². The summed E-state index contributed by atoms with van der Waals surface area (Å²) in [7, 11) is -8.72. The molecule has 0 bridgehead atoms. The van der Waals surface area contributed by atoms with Crippen LogP contribution in [0.4, 0.5) is 18.9 Å². The molecule has 0 saturated carbocycles. The minimum atomic E-state index is -4.67. The average molecular weight is 482 g/mol. The summed E-state index contributed by atoms with van der Waals surface area (Å²) in [5, 5.41) is 8.97. The summed E-state index contributed by atoms with van der Waals surface area (Å²) in [4.78, 5) is 3.68. The van der Waals surface area contributed by atoms with Crippen molar-refractivity contribution in [3.8, 4) is 17.3 Å². The Morgan fingerprint density at radius 2 is 1.67 bits per heavy atom. The van der Waals surface area contributed by atoms with Crippen molar-refractivity contribution in [2.75, 3.05) is 15.2 Å². The SMILES string of the molecule is CCS(=O)(=O)N(c1cc(-c2ncc(C(F)(F)F)cc2Cl)ccc1C#N)S(=O)(=O)CC. The van der Waals surface area contributed by atoms with E-state index in [2.05, 4.69) is 4.98 Å². The number of halogens is 4. The van der Waals surface area contributed by atoms with Gasteiger partial charge in [-0.1, -0.05) is 17.7 Å². The van der Waals surface area contributed by atoms with Gasteiger partial charge in [0.25, 0.3) is 0 Å². The number of aromatic nitrogens is 1. The molecule has 2 rings (SSSR count). The Kier molecular flexibility index (Phi) is 6.70. The van der Waals surface area contributed by atoms with Crippen molar-refractivity contribution < 1.29 is 30.0 Å². The molecule has 30 heavy (non-hydrogen) atoms. The molecular formula is C17H15ClF3N3O4S2. The molecule has 0 saturated heterocycles. The molecule has 1 aromatic heterocycles. The first-order chi connectivity index (χ1) is 13.8. The van der Waals surface area contributed by atoms with E-state index in [9.17, 15) is 35.3 Å². The predicted octanol–water partition coefficient (Wildman–Crippen LogP) is 3.80. The lowest BCUT2D eigenvalue weighted by Crippen LogP contribution is -2.39. The molecule has 0 atom stereocenters. The van der Waals surface area contributed by atoms with Crippen LogP contribution in [0.3, 0.4) is 0 Å². The summed E-state index contributed by atoms with van der Waals surface area (Å²) in [5.74, 6) is -1.14. The maximum Gasteiger partial charge on any atom is 0.417 e. The minimum Gasteiger partial charge on any atom is -0.254 e. The van der Waals surface area contributed by atoms with Gasteiger partial charge in [0, 0.05) is 11.8 Å². The molecule has 0 N–H and O–H groups in total. The number of hydrogen-bond acceptors (Lipinski definition) is 6. The third kappa shape index (κ3) is 4.69. The third-order valence-corrected chi connectivity index (χ3v) is 8.51. The molecule has 0 aliphatic heterocycles. The highest BCUT2D eigenvalue weighted by molar-refractivity contribution is 8.10. The first-order valence-electron chi connectivity index (χ1n) is 8.31. The first-order valence-corrected chi connectivity index (χ1v) is 11.9. The molecule has 0 amide bonds. The Hall–Kier alpha value is -2.36. The Bertz CT molecular complexity index is 1190. The number of rotatable bonds is 6. The number of nitrogens with zero attached hydrogens (tertiary/aromatic N) is 3. The molecule has 162 valence electrons. The molecular weight excluding hydrogens is 467 g/mol. The molecule has 2 aromatic rings. The van der Waals surface area contributed by atoms with Crippen molar-refractivity contribution >= 4 is 37.3 Å². The number of anilines is 1. The van der Waals surface area contributed by atoms with Crippen LogP contribution in [0, 0.1) is 11.3 Å². The van der Waals surface area contributed by atoms with Crippen LogP contribution in [0.1, 0.15) is 25.0 Å². The van der Waals surface area contributed by atoms with E-state index < -0.39 is 49.0 Å².